The zero-order valence-corrected chi connectivity index (χ0v) is 20.8. The fraction of sp³-hybridized carbons (Fsp3) is 0.462. The molecule has 2 aromatic carbocycles. The van der Waals surface area contributed by atoms with Gasteiger partial charge in [0, 0.05) is 39.0 Å². The number of rotatable bonds is 4. The molecule has 0 bridgehead atoms. The summed E-state index contributed by atoms with van der Waals surface area (Å²) in [5.74, 6) is 0.659. The van der Waals surface area contributed by atoms with Gasteiger partial charge in [0.15, 0.2) is 0 Å². The molecule has 0 unspecified atom stereocenters. The van der Waals surface area contributed by atoms with E-state index in [1.54, 1.807) is 61.5 Å². The summed E-state index contributed by atoms with van der Waals surface area (Å²) in [6.07, 6.45) is -0.110. The van der Waals surface area contributed by atoms with E-state index in [0.29, 0.717) is 41.5 Å². The summed E-state index contributed by atoms with van der Waals surface area (Å²) in [4.78, 5) is 30.2. The fourth-order valence-corrected chi connectivity index (χ4v) is 4.07. The summed E-state index contributed by atoms with van der Waals surface area (Å²) in [6.45, 7) is 5.91. The van der Waals surface area contributed by atoms with Gasteiger partial charge in [0.25, 0.3) is 11.8 Å². The minimum atomic E-state index is -0.323. The van der Waals surface area contributed by atoms with Crippen molar-refractivity contribution in [3.05, 3.63) is 53.6 Å². The number of hydrogen-bond acceptors (Lipinski definition) is 6. The average Bonchev–Trinajstić information content (AvgIpc) is 2.84. The van der Waals surface area contributed by atoms with Gasteiger partial charge in [-0.05, 0) is 50.2 Å². The molecule has 0 aromatic heterocycles. The third-order valence-electron chi connectivity index (χ3n) is 6.37. The van der Waals surface area contributed by atoms with E-state index in [2.05, 4.69) is 31.1 Å². The maximum Gasteiger partial charge on any atom is 0.259 e. The molecule has 0 radical (unpaired) electrons. The largest absolute Gasteiger partial charge is 0.496 e. The highest BCUT2D eigenvalue weighted by Gasteiger charge is 2.27. The number of benzene rings is 2. The van der Waals surface area contributed by atoms with Gasteiger partial charge in [-0.25, -0.2) is 0 Å². The number of nitrogens with one attached hydrogen (secondary N) is 1. The van der Waals surface area contributed by atoms with Gasteiger partial charge in [-0.2, -0.15) is 0 Å². The standard InChI is InChI=1S/C26H35N3O5/c1-17-14-28(3)18(2)16-34-23-12-11-19(13-21(23)26(31)29(4)15-24(17)33-6)27-25(30)20-9-7-8-10-22(20)32-5/h7-13,17-18,24H,14-16H2,1-6H3,(H,27,30)/t17-,18+,24-/m0/s1. The first-order valence-corrected chi connectivity index (χ1v) is 11.4. The zero-order valence-electron chi connectivity index (χ0n) is 20.8. The number of anilines is 1. The lowest BCUT2D eigenvalue weighted by Gasteiger charge is -2.34. The van der Waals surface area contributed by atoms with Gasteiger partial charge in [0.2, 0.25) is 0 Å². The van der Waals surface area contributed by atoms with Crippen molar-refractivity contribution in [2.45, 2.75) is 26.0 Å². The Hall–Kier alpha value is -3.10. The molecule has 2 amide bonds. The summed E-state index contributed by atoms with van der Waals surface area (Å²) >= 11 is 0. The Labute approximate surface area is 201 Å². The normalized spacial score (nSPS) is 22.1. The van der Waals surface area contributed by atoms with Crippen LogP contribution in [-0.4, -0.2) is 81.8 Å². The van der Waals surface area contributed by atoms with E-state index < -0.39 is 0 Å². The van der Waals surface area contributed by atoms with Crippen LogP contribution < -0.4 is 14.8 Å². The van der Waals surface area contributed by atoms with Crippen LogP contribution in [-0.2, 0) is 4.74 Å². The molecular formula is C26H35N3O5. The van der Waals surface area contributed by atoms with Crippen molar-refractivity contribution >= 4 is 17.5 Å². The third-order valence-corrected chi connectivity index (χ3v) is 6.37. The Morgan fingerprint density at radius 3 is 2.53 bits per heavy atom. The number of carbonyl (C=O) groups is 2. The molecule has 184 valence electrons. The first kappa shape index (κ1) is 25.5. The van der Waals surface area contributed by atoms with Crippen LogP contribution in [0.4, 0.5) is 5.69 Å². The van der Waals surface area contributed by atoms with Crippen LogP contribution in [0.5, 0.6) is 11.5 Å². The Morgan fingerprint density at radius 1 is 1.09 bits per heavy atom. The molecule has 8 heteroatoms. The van der Waals surface area contributed by atoms with Gasteiger partial charge in [0.1, 0.15) is 18.1 Å². The van der Waals surface area contributed by atoms with E-state index in [9.17, 15) is 9.59 Å². The monoisotopic (exact) mass is 469 g/mol. The topological polar surface area (TPSA) is 80.3 Å². The van der Waals surface area contributed by atoms with Crippen LogP contribution in [0.1, 0.15) is 34.6 Å². The van der Waals surface area contributed by atoms with Crippen LogP contribution >= 0.6 is 0 Å². The Balaban J connectivity index is 1.92. The van der Waals surface area contributed by atoms with E-state index in [1.165, 1.54) is 7.11 Å². The number of amides is 2. The molecule has 0 fully saturated rings. The van der Waals surface area contributed by atoms with E-state index in [0.717, 1.165) is 6.54 Å². The van der Waals surface area contributed by atoms with Crippen LogP contribution in [0.3, 0.4) is 0 Å². The fourth-order valence-electron chi connectivity index (χ4n) is 4.07. The maximum absolute atomic E-state index is 13.4. The summed E-state index contributed by atoms with van der Waals surface area (Å²) in [6, 6.07) is 12.3. The van der Waals surface area contributed by atoms with Gasteiger partial charge in [-0.3, -0.25) is 14.5 Å². The molecule has 2 aromatic rings. The number of methoxy groups -OCH3 is 2. The van der Waals surface area contributed by atoms with Crippen molar-refractivity contribution in [1.82, 2.24) is 9.80 Å². The minimum absolute atomic E-state index is 0.110. The average molecular weight is 470 g/mol. The summed E-state index contributed by atoms with van der Waals surface area (Å²) in [5, 5.41) is 2.87. The van der Waals surface area contributed by atoms with Crippen molar-refractivity contribution in [3.8, 4) is 11.5 Å². The van der Waals surface area contributed by atoms with Crippen LogP contribution in [0.25, 0.3) is 0 Å². The van der Waals surface area contributed by atoms with Crippen molar-refractivity contribution in [2.75, 3.05) is 53.3 Å². The Kier molecular flexibility index (Phi) is 8.52. The number of carbonyl (C=O) groups excluding carboxylic acids is 2. The Morgan fingerprint density at radius 2 is 1.82 bits per heavy atom. The van der Waals surface area contributed by atoms with Crippen molar-refractivity contribution < 1.29 is 23.8 Å². The second kappa shape index (κ2) is 11.4. The molecule has 0 spiro atoms. The minimum Gasteiger partial charge on any atom is -0.496 e. The van der Waals surface area contributed by atoms with Crippen LogP contribution in [0.15, 0.2) is 42.5 Å². The molecule has 0 saturated heterocycles. The molecular weight excluding hydrogens is 434 g/mol. The van der Waals surface area contributed by atoms with Gasteiger partial charge in [-0.15, -0.1) is 0 Å². The van der Waals surface area contributed by atoms with E-state index in [4.69, 9.17) is 14.2 Å². The molecule has 3 atom stereocenters. The molecule has 3 rings (SSSR count). The third kappa shape index (κ3) is 5.87. The molecule has 8 nitrogen and oxygen atoms in total. The number of fused-ring (bicyclic) bond motifs is 1. The first-order chi connectivity index (χ1) is 16.2. The molecule has 34 heavy (non-hydrogen) atoms. The van der Waals surface area contributed by atoms with Crippen molar-refractivity contribution in [2.24, 2.45) is 5.92 Å². The maximum atomic E-state index is 13.4. The number of hydrogen-bond donors (Lipinski definition) is 1. The lowest BCUT2D eigenvalue weighted by Crippen LogP contribution is -2.45. The number of para-hydroxylation sites is 1. The van der Waals surface area contributed by atoms with E-state index in [1.807, 2.05) is 0 Å². The SMILES string of the molecule is COc1ccccc1C(=O)Nc1ccc2c(c1)C(=O)N(C)C[C@H](OC)[C@@H](C)CN(C)[C@H](C)CO2. The quantitative estimate of drug-likeness (QED) is 0.740. The van der Waals surface area contributed by atoms with Gasteiger partial charge in [0.05, 0.1) is 24.3 Å². The lowest BCUT2D eigenvalue weighted by atomic mass is 10.0. The lowest BCUT2D eigenvalue weighted by molar-refractivity contribution is 0.0150. The summed E-state index contributed by atoms with van der Waals surface area (Å²) in [5.41, 5.74) is 1.29. The number of ether oxygens (including phenoxy) is 3. The molecule has 0 aliphatic carbocycles. The number of nitrogens with zero attached hydrogens (tertiary/aromatic N) is 2. The summed E-state index contributed by atoms with van der Waals surface area (Å²) < 4.78 is 17.1. The predicted octanol–water partition coefficient (Wildman–Crippen LogP) is 3.38. The van der Waals surface area contributed by atoms with Gasteiger partial charge in [-0.1, -0.05) is 19.1 Å². The van der Waals surface area contributed by atoms with Crippen molar-refractivity contribution in [1.29, 1.82) is 0 Å². The van der Waals surface area contributed by atoms with Crippen molar-refractivity contribution in [3.63, 3.8) is 0 Å². The molecule has 0 saturated carbocycles. The van der Waals surface area contributed by atoms with E-state index in [-0.39, 0.29) is 29.9 Å². The predicted molar refractivity (Wildman–Crippen MR) is 132 cm³/mol. The smallest absolute Gasteiger partial charge is 0.259 e. The first-order valence-electron chi connectivity index (χ1n) is 11.4. The van der Waals surface area contributed by atoms with Gasteiger partial charge < -0.3 is 24.4 Å². The molecule has 1 heterocycles. The van der Waals surface area contributed by atoms with Crippen LogP contribution in [0.2, 0.25) is 0 Å². The van der Waals surface area contributed by atoms with E-state index >= 15 is 0 Å². The highest BCUT2D eigenvalue weighted by atomic mass is 16.5. The second-order valence-corrected chi connectivity index (χ2v) is 8.90. The highest BCUT2D eigenvalue weighted by molar-refractivity contribution is 6.07. The molecule has 1 aliphatic rings. The second-order valence-electron chi connectivity index (χ2n) is 8.90. The Bertz CT molecular complexity index is 1010. The van der Waals surface area contributed by atoms with Gasteiger partial charge >= 0.3 is 0 Å². The number of likely N-dealkylation sites (N-methyl/N-ethyl adjacent to an activating group) is 2. The molecule has 1 N–H and O–H groups in total. The summed E-state index contributed by atoms with van der Waals surface area (Å²) in [7, 11) is 7.02. The highest BCUT2D eigenvalue weighted by Crippen LogP contribution is 2.27. The zero-order chi connectivity index (χ0) is 24.8. The molecule has 1 aliphatic heterocycles. The van der Waals surface area contributed by atoms with Crippen LogP contribution in [0, 0.1) is 5.92 Å².